The molecule has 0 aliphatic heterocycles. The molecule has 0 atom stereocenters. The summed E-state index contributed by atoms with van der Waals surface area (Å²) >= 11 is 0. The third kappa shape index (κ3) is 3.81. The SMILES string of the molecule is OB(O)c1c(F)cccc1F.c1cnc2ncccc2c1. The molecule has 2 heterocycles. The molecule has 2 aromatic heterocycles. The largest absolute Gasteiger partial charge is 0.494 e. The van der Waals surface area contributed by atoms with Crippen molar-refractivity contribution in [2.45, 2.75) is 0 Å². The number of hydrogen-bond acceptors (Lipinski definition) is 4. The molecule has 0 unspecified atom stereocenters. The number of benzene rings is 1. The van der Waals surface area contributed by atoms with E-state index in [0.29, 0.717) is 0 Å². The molecule has 3 aromatic rings. The number of rotatable bonds is 1. The first-order chi connectivity index (χ1) is 10.1. The summed E-state index contributed by atoms with van der Waals surface area (Å²) < 4.78 is 25.1. The Balaban J connectivity index is 0.000000154. The molecule has 0 saturated carbocycles. The molecule has 0 bridgehead atoms. The van der Waals surface area contributed by atoms with Crippen LogP contribution in [0, 0.1) is 11.6 Å². The highest BCUT2D eigenvalue weighted by Gasteiger charge is 2.20. The van der Waals surface area contributed by atoms with E-state index >= 15 is 0 Å². The highest BCUT2D eigenvalue weighted by molar-refractivity contribution is 6.58. The molecule has 7 heteroatoms. The Morgan fingerprint density at radius 2 is 1.33 bits per heavy atom. The Hall–Kier alpha value is -2.38. The minimum atomic E-state index is -2.10. The van der Waals surface area contributed by atoms with Crippen LogP contribution in [0.1, 0.15) is 0 Å². The Kier molecular flexibility index (Phi) is 4.92. The quantitative estimate of drug-likeness (QED) is 0.662. The van der Waals surface area contributed by atoms with Crippen LogP contribution in [0.3, 0.4) is 0 Å². The van der Waals surface area contributed by atoms with Crippen molar-refractivity contribution in [2.24, 2.45) is 0 Å². The van der Waals surface area contributed by atoms with E-state index in [9.17, 15) is 8.78 Å². The fourth-order valence-corrected chi connectivity index (χ4v) is 1.67. The molecule has 1 aromatic carbocycles. The summed E-state index contributed by atoms with van der Waals surface area (Å²) in [5.41, 5.74) is 0.0949. The van der Waals surface area contributed by atoms with Crippen molar-refractivity contribution in [3.05, 3.63) is 66.5 Å². The van der Waals surface area contributed by atoms with E-state index < -0.39 is 24.2 Å². The van der Waals surface area contributed by atoms with Gasteiger partial charge in [-0.3, -0.25) is 0 Å². The monoisotopic (exact) mass is 288 g/mol. The zero-order valence-corrected chi connectivity index (χ0v) is 10.8. The van der Waals surface area contributed by atoms with Gasteiger partial charge in [-0.25, -0.2) is 18.7 Å². The van der Waals surface area contributed by atoms with Crippen molar-refractivity contribution in [1.82, 2.24) is 9.97 Å². The van der Waals surface area contributed by atoms with Gasteiger partial charge in [0.2, 0.25) is 0 Å². The zero-order valence-electron chi connectivity index (χ0n) is 10.8. The van der Waals surface area contributed by atoms with Gasteiger partial charge in [-0.2, -0.15) is 0 Å². The summed E-state index contributed by atoms with van der Waals surface area (Å²) in [6, 6.07) is 10.9. The lowest BCUT2D eigenvalue weighted by molar-refractivity contribution is 0.419. The van der Waals surface area contributed by atoms with Gasteiger partial charge in [-0.05, 0) is 36.4 Å². The van der Waals surface area contributed by atoms with Gasteiger partial charge < -0.3 is 10.0 Å². The topological polar surface area (TPSA) is 66.2 Å². The van der Waals surface area contributed by atoms with E-state index in [0.717, 1.165) is 29.2 Å². The number of fused-ring (bicyclic) bond motifs is 1. The number of nitrogens with zero attached hydrogens (tertiary/aromatic N) is 2. The molecule has 21 heavy (non-hydrogen) atoms. The fourth-order valence-electron chi connectivity index (χ4n) is 1.67. The lowest BCUT2D eigenvalue weighted by Gasteiger charge is -2.01. The van der Waals surface area contributed by atoms with Gasteiger partial charge in [0.15, 0.2) is 5.65 Å². The molecule has 0 spiro atoms. The molecule has 0 aliphatic rings. The first-order valence-corrected chi connectivity index (χ1v) is 6.05. The summed E-state index contributed by atoms with van der Waals surface area (Å²) in [6.45, 7) is 0. The average Bonchev–Trinajstić information content (AvgIpc) is 2.47. The van der Waals surface area contributed by atoms with Crippen LogP contribution in [0.2, 0.25) is 0 Å². The molecule has 0 saturated heterocycles. The van der Waals surface area contributed by atoms with Crippen LogP contribution < -0.4 is 5.46 Å². The minimum absolute atomic E-state index is 0.715. The molecule has 106 valence electrons. The Labute approximate surface area is 119 Å². The van der Waals surface area contributed by atoms with E-state index in [2.05, 4.69) is 9.97 Å². The molecule has 0 amide bonds. The third-order valence-electron chi connectivity index (χ3n) is 2.63. The van der Waals surface area contributed by atoms with Crippen molar-refractivity contribution >= 4 is 23.6 Å². The van der Waals surface area contributed by atoms with E-state index in [-0.39, 0.29) is 0 Å². The van der Waals surface area contributed by atoms with E-state index in [1.54, 1.807) is 12.4 Å². The molecular weight excluding hydrogens is 277 g/mol. The van der Waals surface area contributed by atoms with Gasteiger partial charge in [0, 0.05) is 17.8 Å². The standard InChI is InChI=1S/C8H6N2.C6H5BF2O2/c1-3-7-4-2-6-10-8(7)9-5-1;8-4-2-1-3-5(9)6(4)7(10)11/h1-6H;1-3,10-11H. The maximum Gasteiger partial charge on any atom is 0.494 e. The molecular formula is C14H11BF2N2O2. The van der Waals surface area contributed by atoms with Gasteiger partial charge in [-0.15, -0.1) is 0 Å². The van der Waals surface area contributed by atoms with Crippen molar-refractivity contribution in [1.29, 1.82) is 0 Å². The number of halogens is 2. The fraction of sp³-hybridized carbons (Fsp3) is 0. The molecule has 3 rings (SSSR count). The second-order valence-corrected chi connectivity index (χ2v) is 4.06. The van der Waals surface area contributed by atoms with Crippen LogP contribution in [0.25, 0.3) is 11.0 Å². The average molecular weight is 288 g/mol. The second kappa shape index (κ2) is 6.87. The van der Waals surface area contributed by atoms with Gasteiger partial charge >= 0.3 is 7.12 Å². The van der Waals surface area contributed by atoms with Gasteiger partial charge in [-0.1, -0.05) is 6.07 Å². The van der Waals surface area contributed by atoms with Crippen LogP contribution in [0.15, 0.2) is 54.9 Å². The summed E-state index contributed by atoms with van der Waals surface area (Å²) in [5.74, 6) is -1.92. The zero-order chi connectivity index (χ0) is 15.2. The van der Waals surface area contributed by atoms with Crippen LogP contribution in [0.5, 0.6) is 0 Å². The number of pyridine rings is 2. The van der Waals surface area contributed by atoms with Crippen LogP contribution in [0.4, 0.5) is 8.78 Å². The maximum atomic E-state index is 12.5. The number of aromatic nitrogens is 2. The third-order valence-corrected chi connectivity index (χ3v) is 2.63. The summed E-state index contributed by atoms with van der Waals surface area (Å²) in [5, 5.41) is 18.0. The van der Waals surface area contributed by atoms with Crippen LogP contribution in [-0.2, 0) is 0 Å². The molecule has 2 N–H and O–H groups in total. The minimum Gasteiger partial charge on any atom is -0.423 e. The summed E-state index contributed by atoms with van der Waals surface area (Å²) in [4.78, 5) is 8.14. The maximum absolute atomic E-state index is 12.5. The van der Waals surface area contributed by atoms with Crippen molar-refractivity contribution in [3.63, 3.8) is 0 Å². The highest BCUT2D eigenvalue weighted by atomic mass is 19.1. The molecule has 0 fully saturated rings. The first-order valence-electron chi connectivity index (χ1n) is 6.05. The van der Waals surface area contributed by atoms with E-state index in [1.165, 1.54) is 0 Å². The van der Waals surface area contributed by atoms with Crippen molar-refractivity contribution in [2.75, 3.05) is 0 Å². The molecule has 4 nitrogen and oxygen atoms in total. The lowest BCUT2D eigenvalue weighted by Crippen LogP contribution is -2.35. The van der Waals surface area contributed by atoms with Gasteiger partial charge in [0.1, 0.15) is 11.6 Å². The van der Waals surface area contributed by atoms with Gasteiger partial charge in [0.05, 0.1) is 5.46 Å². The molecule has 0 aliphatic carbocycles. The summed E-state index contributed by atoms with van der Waals surface area (Å²) in [6.07, 6.45) is 3.49. The Morgan fingerprint density at radius 3 is 1.71 bits per heavy atom. The van der Waals surface area contributed by atoms with Crippen molar-refractivity contribution < 1.29 is 18.8 Å². The van der Waals surface area contributed by atoms with E-state index in [1.807, 2.05) is 24.3 Å². The predicted octanol–water partition coefficient (Wildman–Crippen LogP) is 1.27. The van der Waals surface area contributed by atoms with Gasteiger partial charge in [0.25, 0.3) is 0 Å². The normalized spacial score (nSPS) is 9.90. The lowest BCUT2D eigenvalue weighted by atomic mass is 9.79. The highest BCUT2D eigenvalue weighted by Crippen LogP contribution is 2.04. The summed E-state index contributed by atoms with van der Waals surface area (Å²) in [7, 11) is -2.10. The molecule has 0 radical (unpaired) electrons. The predicted molar refractivity (Wildman–Crippen MR) is 75.7 cm³/mol. The first kappa shape index (κ1) is 15.0. The number of hydrogen-bond donors (Lipinski definition) is 2. The smallest absolute Gasteiger partial charge is 0.423 e. The van der Waals surface area contributed by atoms with E-state index in [4.69, 9.17) is 10.0 Å². The van der Waals surface area contributed by atoms with Crippen LogP contribution >= 0.6 is 0 Å². The Bertz CT molecular complexity index is 655. The van der Waals surface area contributed by atoms with Crippen molar-refractivity contribution in [3.8, 4) is 0 Å². The van der Waals surface area contributed by atoms with Crippen LogP contribution in [-0.4, -0.2) is 27.1 Å². The Morgan fingerprint density at radius 1 is 0.810 bits per heavy atom. The second-order valence-electron chi connectivity index (χ2n) is 4.06.